The Hall–Kier alpha value is -2.43. The van der Waals surface area contributed by atoms with Crippen LogP contribution in [0.4, 0.5) is 14.9 Å². The fourth-order valence-corrected chi connectivity index (χ4v) is 5.27. The predicted octanol–water partition coefficient (Wildman–Crippen LogP) is 2.66. The lowest BCUT2D eigenvalue weighted by atomic mass is 10.0. The number of carbonyl (C=O) groups is 1. The third kappa shape index (κ3) is 5.67. The largest absolute Gasteiger partial charge is 0.351 e. The van der Waals surface area contributed by atoms with Gasteiger partial charge in [-0.25, -0.2) is 21.9 Å². The standard InChI is InChI=1S/C22H32FN5O3S/c1-4-32(30,31)26(3)20-8-6-10-27(15-20)14-17-11-18(23)13-19(12-17)25-21-9-5-7-16(2)28(21)22(24)29/h5,7,9,11-13,16,20,25H,4,6,8,10,14-15H2,1-3H3,(H2,24,29)/t16?,20-/m1/s1. The van der Waals surface area contributed by atoms with Crippen molar-refractivity contribution in [2.75, 3.05) is 31.2 Å². The first-order chi connectivity index (χ1) is 15.1. The number of halogens is 1. The van der Waals surface area contributed by atoms with Gasteiger partial charge >= 0.3 is 6.03 Å². The van der Waals surface area contributed by atoms with Gasteiger partial charge in [0, 0.05) is 31.9 Å². The molecule has 10 heteroatoms. The van der Waals surface area contributed by atoms with Crippen LogP contribution in [0.1, 0.15) is 32.3 Å². The Morgan fingerprint density at radius 1 is 1.34 bits per heavy atom. The highest BCUT2D eigenvalue weighted by Gasteiger charge is 2.29. The number of primary amides is 1. The molecule has 1 aromatic carbocycles. The van der Waals surface area contributed by atoms with Crippen molar-refractivity contribution in [3.8, 4) is 0 Å². The number of anilines is 1. The van der Waals surface area contributed by atoms with Gasteiger partial charge in [0.2, 0.25) is 10.0 Å². The van der Waals surface area contributed by atoms with E-state index in [0.29, 0.717) is 24.6 Å². The van der Waals surface area contributed by atoms with E-state index in [1.807, 2.05) is 25.1 Å². The second kappa shape index (κ2) is 10.0. The van der Waals surface area contributed by atoms with E-state index in [4.69, 9.17) is 5.73 Å². The van der Waals surface area contributed by atoms with Gasteiger partial charge in [-0.1, -0.05) is 12.2 Å². The van der Waals surface area contributed by atoms with Crippen LogP contribution in [0.5, 0.6) is 0 Å². The summed E-state index contributed by atoms with van der Waals surface area (Å²) in [4.78, 5) is 15.4. The smallest absolute Gasteiger partial charge is 0.320 e. The van der Waals surface area contributed by atoms with E-state index in [1.54, 1.807) is 20.0 Å². The van der Waals surface area contributed by atoms with Gasteiger partial charge in [-0.2, -0.15) is 0 Å². The molecule has 0 saturated carbocycles. The van der Waals surface area contributed by atoms with E-state index in [-0.39, 0.29) is 17.8 Å². The topological polar surface area (TPSA) is 99.0 Å². The van der Waals surface area contributed by atoms with Crippen LogP contribution >= 0.6 is 0 Å². The first-order valence-corrected chi connectivity index (χ1v) is 12.4. The van der Waals surface area contributed by atoms with Crippen molar-refractivity contribution >= 4 is 21.7 Å². The number of sulfonamides is 1. The fourth-order valence-electron chi connectivity index (χ4n) is 4.24. The number of likely N-dealkylation sites (N-methyl/N-ethyl adjacent to an activating group) is 1. The average molecular weight is 466 g/mol. The summed E-state index contributed by atoms with van der Waals surface area (Å²) in [6.07, 6.45) is 7.07. The maximum Gasteiger partial charge on any atom is 0.320 e. The number of nitrogens with zero attached hydrogens (tertiary/aromatic N) is 3. The maximum absolute atomic E-state index is 14.4. The summed E-state index contributed by atoms with van der Waals surface area (Å²) in [6.45, 7) is 5.40. The van der Waals surface area contributed by atoms with Crippen molar-refractivity contribution in [3.05, 3.63) is 53.6 Å². The Kier molecular flexibility index (Phi) is 7.58. The third-order valence-electron chi connectivity index (χ3n) is 5.98. The van der Waals surface area contributed by atoms with Gasteiger partial charge in [0.05, 0.1) is 11.8 Å². The number of carbonyl (C=O) groups excluding carboxylic acids is 1. The van der Waals surface area contributed by atoms with Crippen LogP contribution in [0.25, 0.3) is 0 Å². The zero-order valence-electron chi connectivity index (χ0n) is 18.8. The molecule has 0 spiro atoms. The van der Waals surface area contributed by atoms with Crippen molar-refractivity contribution in [1.29, 1.82) is 0 Å². The molecule has 1 aromatic rings. The average Bonchev–Trinajstić information content (AvgIpc) is 2.72. The molecule has 2 amide bonds. The first-order valence-electron chi connectivity index (χ1n) is 10.8. The summed E-state index contributed by atoms with van der Waals surface area (Å²) in [5.41, 5.74) is 6.78. The molecule has 176 valence electrons. The Bertz CT molecular complexity index is 1010. The highest BCUT2D eigenvalue weighted by atomic mass is 32.2. The molecular formula is C22H32FN5O3S. The number of hydrogen-bond donors (Lipinski definition) is 2. The number of benzene rings is 1. The highest BCUT2D eigenvalue weighted by molar-refractivity contribution is 7.89. The Balaban J connectivity index is 1.73. The van der Waals surface area contributed by atoms with Crippen molar-refractivity contribution in [2.24, 2.45) is 5.73 Å². The molecule has 2 atom stereocenters. The number of amides is 2. The van der Waals surface area contributed by atoms with E-state index < -0.39 is 21.9 Å². The maximum atomic E-state index is 14.4. The molecule has 0 radical (unpaired) electrons. The van der Waals surface area contributed by atoms with Gasteiger partial charge in [0.1, 0.15) is 11.6 Å². The molecule has 1 unspecified atom stereocenters. The second-order valence-electron chi connectivity index (χ2n) is 8.31. The molecule has 2 aliphatic heterocycles. The summed E-state index contributed by atoms with van der Waals surface area (Å²) in [6, 6.07) is 3.78. The van der Waals surface area contributed by atoms with Crippen LogP contribution in [0, 0.1) is 5.82 Å². The molecule has 0 aliphatic carbocycles. The Morgan fingerprint density at radius 2 is 2.09 bits per heavy atom. The predicted molar refractivity (Wildman–Crippen MR) is 124 cm³/mol. The Labute approximate surface area is 189 Å². The molecule has 0 aromatic heterocycles. The highest BCUT2D eigenvalue weighted by Crippen LogP contribution is 2.24. The summed E-state index contributed by atoms with van der Waals surface area (Å²) in [5.74, 6) is 0.161. The molecule has 2 heterocycles. The zero-order chi connectivity index (χ0) is 23.5. The minimum atomic E-state index is -3.26. The number of rotatable bonds is 7. The third-order valence-corrected chi connectivity index (χ3v) is 7.89. The monoisotopic (exact) mass is 465 g/mol. The van der Waals surface area contributed by atoms with Crippen molar-refractivity contribution < 1.29 is 17.6 Å². The summed E-state index contributed by atoms with van der Waals surface area (Å²) < 4.78 is 40.3. The van der Waals surface area contributed by atoms with Gasteiger partial charge in [-0.05, 0) is 63.1 Å². The quantitative estimate of drug-likeness (QED) is 0.645. The zero-order valence-corrected chi connectivity index (χ0v) is 19.6. The summed E-state index contributed by atoms with van der Waals surface area (Å²) in [7, 11) is -1.62. The van der Waals surface area contributed by atoms with Crippen LogP contribution < -0.4 is 11.1 Å². The number of piperidine rings is 1. The number of allylic oxidation sites excluding steroid dienone is 2. The molecule has 3 rings (SSSR count). The summed E-state index contributed by atoms with van der Waals surface area (Å²) in [5, 5.41) is 3.10. The molecule has 1 fully saturated rings. The van der Waals surface area contributed by atoms with E-state index in [9.17, 15) is 17.6 Å². The van der Waals surface area contributed by atoms with Gasteiger partial charge < -0.3 is 11.1 Å². The number of urea groups is 1. The second-order valence-corrected chi connectivity index (χ2v) is 10.6. The van der Waals surface area contributed by atoms with E-state index >= 15 is 0 Å². The molecule has 0 bridgehead atoms. The van der Waals surface area contributed by atoms with Crippen LogP contribution in [0.3, 0.4) is 0 Å². The minimum absolute atomic E-state index is 0.0743. The molecule has 3 N–H and O–H groups in total. The number of nitrogens with one attached hydrogen (secondary N) is 1. The lowest BCUT2D eigenvalue weighted by Gasteiger charge is -2.37. The number of nitrogens with two attached hydrogens (primary N) is 1. The van der Waals surface area contributed by atoms with Crippen LogP contribution in [-0.4, -0.2) is 66.5 Å². The van der Waals surface area contributed by atoms with Gasteiger partial charge in [0.25, 0.3) is 0 Å². The minimum Gasteiger partial charge on any atom is -0.351 e. The van der Waals surface area contributed by atoms with Crippen molar-refractivity contribution in [1.82, 2.24) is 14.1 Å². The van der Waals surface area contributed by atoms with E-state index in [2.05, 4.69) is 10.2 Å². The number of hydrogen-bond acceptors (Lipinski definition) is 5. The van der Waals surface area contributed by atoms with Crippen molar-refractivity contribution in [2.45, 2.75) is 45.3 Å². The fraction of sp³-hybridized carbons (Fsp3) is 0.500. The first kappa shape index (κ1) is 24.2. The number of likely N-dealkylation sites (tertiary alicyclic amines) is 1. The Morgan fingerprint density at radius 3 is 2.78 bits per heavy atom. The van der Waals surface area contributed by atoms with Gasteiger partial charge in [0.15, 0.2) is 0 Å². The van der Waals surface area contributed by atoms with Gasteiger partial charge in [-0.3, -0.25) is 9.80 Å². The van der Waals surface area contributed by atoms with E-state index in [0.717, 1.165) is 24.9 Å². The molecular weight excluding hydrogens is 433 g/mol. The SMILES string of the molecule is CCS(=O)(=O)N(C)[C@@H]1CCCN(Cc2cc(F)cc(NC3=CC=CC(C)N3C(N)=O)c2)C1. The van der Waals surface area contributed by atoms with E-state index in [1.165, 1.54) is 21.3 Å². The van der Waals surface area contributed by atoms with Crippen LogP contribution in [0.2, 0.25) is 0 Å². The normalized spacial score (nSPS) is 22.2. The molecule has 8 nitrogen and oxygen atoms in total. The molecule has 32 heavy (non-hydrogen) atoms. The van der Waals surface area contributed by atoms with Crippen LogP contribution in [-0.2, 0) is 16.6 Å². The lowest BCUT2D eigenvalue weighted by molar-refractivity contribution is 0.153. The van der Waals surface area contributed by atoms with Crippen LogP contribution in [0.15, 0.2) is 42.2 Å². The molecule has 1 saturated heterocycles. The lowest BCUT2D eigenvalue weighted by Crippen LogP contribution is -2.48. The van der Waals surface area contributed by atoms with Crippen molar-refractivity contribution in [3.63, 3.8) is 0 Å². The summed E-state index contributed by atoms with van der Waals surface area (Å²) >= 11 is 0. The molecule has 2 aliphatic rings. The van der Waals surface area contributed by atoms with Gasteiger partial charge in [-0.15, -0.1) is 0 Å².